The van der Waals surface area contributed by atoms with Crippen molar-refractivity contribution in [1.29, 1.82) is 0 Å². The highest BCUT2D eigenvalue weighted by molar-refractivity contribution is 5.69. The normalized spacial score (nSPS) is 24.7. The topological polar surface area (TPSA) is 64.0 Å². The van der Waals surface area contributed by atoms with Crippen molar-refractivity contribution in [3.8, 4) is 0 Å². The molecule has 1 aromatic carbocycles. The fraction of sp³-hybridized carbons (Fsp3) is 0.562. The Morgan fingerprint density at radius 2 is 1.81 bits per heavy atom. The van der Waals surface area contributed by atoms with Crippen LogP contribution in [-0.4, -0.2) is 70.9 Å². The molecule has 0 radical (unpaired) electrons. The van der Waals surface area contributed by atoms with E-state index >= 15 is 0 Å². The van der Waals surface area contributed by atoms with Gasteiger partial charge in [-0.15, -0.1) is 0 Å². The minimum absolute atomic E-state index is 0.00971. The minimum Gasteiger partial charge on any atom is -0.480 e. The lowest BCUT2D eigenvalue weighted by molar-refractivity contribution is -0.138. The number of hydrogen-bond donors (Lipinski definition) is 2. The summed E-state index contributed by atoms with van der Waals surface area (Å²) in [5.74, 6) is -0.830. The van der Waals surface area contributed by atoms with E-state index in [1.807, 2.05) is 4.90 Å². The standard InChI is InChI=1S/C16H22N2O3/c19-15-9-17(11-16(20)21)5-6-18(10-15)14-7-12-3-1-2-4-13(12)8-14/h1-4,14-15,19H,5-11H2,(H,20,21)/t15-/m1/s1. The van der Waals surface area contributed by atoms with Crippen molar-refractivity contribution in [2.24, 2.45) is 0 Å². The summed E-state index contributed by atoms with van der Waals surface area (Å²) < 4.78 is 0. The molecule has 21 heavy (non-hydrogen) atoms. The summed E-state index contributed by atoms with van der Waals surface area (Å²) in [5.41, 5.74) is 2.81. The lowest BCUT2D eigenvalue weighted by atomic mass is 10.1. The zero-order valence-electron chi connectivity index (χ0n) is 12.1. The van der Waals surface area contributed by atoms with Crippen molar-refractivity contribution in [2.75, 3.05) is 32.7 Å². The number of fused-ring (bicyclic) bond motifs is 1. The molecule has 0 bridgehead atoms. The summed E-state index contributed by atoms with van der Waals surface area (Å²) in [7, 11) is 0. The van der Waals surface area contributed by atoms with Gasteiger partial charge in [0, 0.05) is 32.2 Å². The van der Waals surface area contributed by atoms with Crippen molar-refractivity contribution >= 4 is 5.97 Å². The second-order valence-corrected chi connectivity index (χ2v) is 6.11. The number of aliphatic carboxylic acids is 1. The van der Waals surface area contributed by atoms with Crippen LogP contribution in [0.4, 0.5) is 0 Å². The third kappa shape index (κ3) is 3.43. The zero-order chi connectivity index (χ0) is 14.8. The number of carbonyl (C=O) groups is 1. The first kappa shape index (κ1) is 14.5. The van der Waals surface area contributed by atoms with Gasteiger partial charge in [-0.25, -0.2) is 0 Å². The van der Waals surface area contributed by atoms with Gasteiger partial charge in [0.2, 0.25) is 0 Å². The van der Waals surface area contributed by atoms with Gasteiger partial charge in [-0.1, -0.05) is 24.3 Å². The third-order valence-corrected chi connectivity index (χ3v) is 4.52. The molecule has 1 aliphatic heterocycles. The Labute approximate surface area is 124 Å². The van der Waals surface area contributed by atoms with E-state index in [-0.39, 0.29) is 6.54 Å². The predicted molar refractivity (Wildman–Crippen MR) is 79.3 cm³/mol. The summed E-state index contributed by atoms with van der Waals surface area (Å²) in [4.78, 5) is 15.0. The fourth-order valence-electron chi connectivity index (χ4n) is 3.54. The molecule has 2 aliphatic rings. The number of rotatable bonds is 3. The number of aliphatic hydroxyl groups is 1. The first-order valence-corrected chi connectivity index (χ1v) is 7.55. The maximum Gasteiger partial charge on any atom is 0.317 e. The summed E-state index contributed by atoms with van der Waals surface area (Å²) in [6.45, 7) is 2.62. The molecule has 0 spiro atoms. The maximum atomic E-state index is 10.8. The molecule has 0 saturated carbocycles. The van der Waals surface area contributed by atoms with Gasteiger partial charge >= 0.3 is 5.97 Å². The van der Waals surface area contributed by atoms with Gasteiger partial charge in [-0.05, 0) is 24.0 Å². The summed E-state index contributed by atoms with van der Waals surface area (Å²) >= 11 is 0. The van der Waals surface area contributed by atoms with Gasteiger partial charge in [0.05, 0.1) is 12.6 Å². The summed E-state index contributed by atoms with van der Waals surface area (Å²) in [5, 5.41) is 19.0. The van der Waals surface area contributed by atoms with E-state index in [0.717, 1.165) is 19.4 Å². The Kier molecular flexibility index (Phi) is 4.24. The van der Waals surface area contributed by atoms with Gasteiger partial charge in [-0.2, -0.15) is 0 Å². The Hall–Kier alpha value is -1.43. The van der Waals surface area contributed by atoms with E-state index in [4.69, 9.17) is 5.11 Å². The molecule has 1 aromatic rings. The van der Waals surface area contributed by atoms with Crippen LogP contribution in [0.25, 0.3) is 0 Å². The SMILES string of the molecule is O=C(O)CN1CCN(C2Cc3ccccc3C2)C[C@H](O)C1. The molecule has 1 heterocycles. The number of aliphatic hydroxyl groups excluding tert-OH is 1. The average molecular weight is 290 g/mol. The predicted octanol–water partition coefficient (Wildman–Crippen LogP) is 0.217. The van der Waals surface area contributed by atoms with Gasteiger partial charge in [0.15, 0.2) is 0 Å². The van der Waals surface area contributed by atoms with Crippen LogP contribution in [0.2, 0.25) is 0 Å². The largest absolute Gasteiger partial charge is 0.480 e. The lowest BCUT2D eigenvalue weighted by Gasteiger charge is -2.28. The maximum absolute atomic E-state index is 10.8. The highest BCUT2D eigenvalue weighted by Crippen LogP contribution is 2.26. The summed E-state index contributed by atoms with van der Waals surface area (Å²) in [6, 6.07) is 8.95. The molecule has 3 rings (SSSR count). The lowest BCUT2D eigenvalue weighted by Crippen LogP contribution is -2.41. The van der Waals surface area contributed by atoms with Gasteiger partial charge in [0.1, 0.15) is 0 Å². The Morgan fingerprint density at radius 1 is 1.14 bits per heavy atom. The van der Waals surface area contributed by atoms with E-state index in [9.17, 15) is 9.90 Å². The van der Waals surface area contributed by atoms with E-state index in [1.54, 1.807) is 0 Å². The van der Waals surface area contributed by atoms with Crippen LogP contribution in [0.15, 0.2) is 24.3 Å². The number of β-amino-alcohol motifs (C(OH)–C–C–N with tert-alkyl or cyclic N) is 1. The quantitative estimate of drug-likeness (QED) is 0.833. The molecular weight excluding hydrogens is 268 g/mol. The van der Waals surface area contributed by atoms with Crippen molar-refractivity contribution in [3.05, 3.63) is 35.4 Å². The Bertz CT molecular complexity index is 495. The summed E-state index contributed by atoms with van der Waals surface area (Å²) in [6.07, 6.45) is 1.58. The Morgan fingerprint density at radius 3 is 2.43 bits per heavy atom. The van der Waals surface area contributed by atoms with Crippen molar-refractivity contribution in [3.63, 3.8) is 0 Å². The van der Waals surface area contributed by atoms with Crippen LogP contribution >= 0.6 is 0 Å². The van der Waals surface area contributed by atoms with Gasteiger partial charge in [-0.3, -0.25) is 14.6 Å². The van der Waals surface area contributed by atoms with E-state index in [2.05, 4.69) is 29.2 Å². The molecule has 5 heteroatoms. The van der Waals surface area contributed by atoms with Gasteiger partial charge in [0.25, 0.3) is 0 Å². The van der Waals surface area contributed by atoms with Crippen molar-refractivity contribution < 1.29 is 15.0 Å². The molecule has 114 valence electrons. The van der Waals surface area contributed by atoms with Crippen molar-refractivity contribution in [1.82, 2.24) is 9.80 Å². The Balaban J connectivity index is 1.64. The second kappa shape index (κ2) is 6.13. The third-order valence-electron chi connectivity index (χ3n) is 4.52. The molecule has 0 unspecified atom stereocenters. The first-order valence-electron chi connectivity index (χ1n) is 7.55. The molecule has 2 N–H and O–H groups in total. The van der Waals surface area contributed by atoms with E-state index in [0.29, 0.717) is 25.7 Å². The average Bonchev–Trinajstić information content (AvgIpc) is 2.77. The smallest absolute Gasteiger partial charge is 0.317 e. The number of nitrogens with zero attached hydrogens (tertiary/aromatic N) is 2. The molecule has 0 amide bonds. The van der Waals surface area contributed by atoms with E-state index < -0.39 is 12.1 Å². The van der Waals surface area contributed by atoms with E-state index in [1.165, 1.54) is 11.1 Å². The minimum atomic E-state index is -0.830. The number of carboxylic acids is 1. The number of benzene rings is 1. The van der Waals surface area contributed by atoms with Gasteiger partial charge < -0.3 is 10.2 Å². The van der Waals surface area contributed by atoms with Crippen LogP contribution in [0.3, 0.4) is 0 Å². The molecule has 1 fully saturated rings. The highest BCUT2D eigenvalue weighted by atomic mass is 16.4. The highest BCUT2D eigenvalue weighted by Gasteiger charge is 2.30. The molecule has 1 aliphatic carbocycles. The molecule has 1 saturated heterocycles. The molecule has 0 aromatic heterocycles. The van der Waals surface area contributed by atoms with Crippen LogP contribution in [-0.2, 0) is 17.6 Å². The van der Waals surface area contributed by atoms with Crippen LogP contribution in [0.5, 0.6) is 0 Å². The number of hydrogen-bond acceptors (Lipinski definition) is 4. The first-order chi connectivity index (χ1) is 10.1. The zero-order valence-corrected chi connectivity index (χ0v) is 12.1. The fourth-order valence-corrected chi connectivity index (χ4v) is 3.54. The monoisotopic (exact) mass is 290 g/mol. The van der Waals surface area contributed by atoms with Crippen LogP contribution < -0.4 is 0 Å². The van der Waals surface area contributed by atoms with Crippen LogP contribution in [0, 0.1) is 0 Å². The molecular formula is C16H22N2O3. The molecule has 1 atom stereocenters. The van der Waals surface area contributed by atoms with Crippen molar-refractivity contribution in [2.45, 2.75) is 25.0 Å². The van der Waals surface area contributed by atoms with Crippen LogP contribution in [0.1, 0.15) is 11.1 Å². The second-order valence-electron chi connectivity index (χ2n) is 6.11. The number of carboxylic acid groups (broad SMARTS) is 1. The molecule has 5 nitrogen and oxygen atoms in total.